The van der Waals surface area contributed by atoms with Crippen molar-refractivity contribution in [1.82, 2.24) is 0 Å². The van der Waals surface area contributed by atoms with E-state index in [1.807, 2.05) is 0 Å². The van der Waals surface area contributed by atoms with Crippen LogP contribution in [0.15, 0.2) is 24.3 Å². The third kappa shape index (κ3) is 5.26. The molecule has 96 valence electrons. The van der Waals surface area contributed by atoms with Crippen LogP contribution in [0.4, 0.5) is 0 Å². The third-order valence-corrected chi connectivity index (χ3v) is 1.54. The molecule has 1 aromatic carbocycles. The summed E-state index contributed by atoms with van der Waals surface area (Å²) in [4.78, 5) is 39.0. The van der Waals surface area contributed by atoms with Crippen molar-refractivity contribution >= 4 is 23.9 Å². The molecule has 1 aromatic rings. The molecule has 0 spiro atoms. The van der Waals surface area contributed by atoms with Gasteiger partial charge in [-0.3, -0.25) is 0 Å². The molecule has 0 saturated carbocycles. The lowest BCUT2D eigenvalue weighted by atomic mass is 10.1. The fourth-order valence-electron chi connectivity index (χ4n) is 0.785. The first-order chi connectivity index (χ1) is 8.25. The summed E-state index contributed by atoms with van der Waals surface area (Å²) in [6.45, 7) is 0. The normalized spacial score (nSPS) is 8.67. The summed E-state index contributed by atoms with van der Waals surface area (Å²) in [5.74, 6) is -5.90. The predicted octanol–water partition coefficient (Wildman–Crippen LogP) is 0.239. The van der Waals surface area contributed by atoms with Crippen LogP contribution >= 0.6 is 0 Å². The highest BCUT2D eigenvalue weighted by molar-refractivity contribution is 6.27. The van der Waals surface area contributed by atoms with Crippen molar-refractivity contribution in [2.75, 3.05) is 0 Å². The van der Waals surface area contributed by atoms with Gasteiger partial charge in [0.2, 0.25) is 0 Å². The molecule has 0 aliphatic heterocycles. The predicted molar refractivity (Wildman–Crippen MR) is 55.6 cm³/mol. The highest BCUT2D eigenvalue weighted by Gasteiger charge is 2.06. The monoisotopic (exact) mass is 256 g/mol. The van der Waals surface area contributed by atoms with Gasteiger partial charge in [0, 0.05) is 0 Å². The van der Waals surface area contributed by atoms with Gasteiger partial charge in [-0.05, 0) is 18.2 Å². The molecule has 0 bridgehead atoms. The van der Waals surface area contributed by atoms with Gasteiger partial charge in [0.15, 0.2) is 0 Å². The van der Waals surface area contributed by atoms with E-state index in [0.29, 0.717) is 0 Å². The van der Waals surface area contributed by atoms with Crippen LogP contribution in [0.25, 0.3) is 0 Å². The van der Waals surface area contributed by atoms with Gasteiger partial charge >= 0.3 is 23.9 Å². The first-order valence-electron chi connectivity index (χ1n) is 4.28. The first kappa shape index (κ1) is 15.1. The molecular weight excluding hydrogens is 248 g/mol. The van der Waals surface area contributed by atoms with Crippen molar-refractivity contribution in [3.63, 3.8) is 0 Å². The van der Waals surface area contributed by atoms with Crippen LogP contribution in [0.3, 0.4) is 0 Å². The number of aliphatic carboxylic acids is 2. The van der Waals surface area contributed by atoms with E-state index in [-0.39, 0.29) is 11.1 Å². The van der Waals surface area contributed by atoms with Crippen LogP contribution in [-0.2, 0) is 9.59 Å². The molecule has 0 unspecified atom stereocenters. The van der Waals surface area contributed by atoms with Gasteiger partial charge in [0.1, 0.15) is 0 Å². The lowest BCUT2D eigenvalue weighted by molar-refractivity contribution is -0.159. The molecule has 0 aliphatic rings. The Morgan fingerprint density at radius 1 is 0.722 bits per heavy atom. The van der Waals surface area contributed by atoms with E-state index < -0.39 is 23.9 Å². The SMILES string of the molecule is O=C(O)C(=O)O.O=C(O)c1cccc(C(=O)O)c1. The zero-order chi connectivity index (χ0) is 14.3. The highest BCUT2D eigenvalue weighted by atomic mass is 16.4. The number of carbonyl (C=O) groups is 4. The van der Waals surface area contributed by atoms with Gasteiger partial charge in [-0.2, -0.15) is 0 Å². The second-order valence-electron chi connectivity index (χ2n) is 2.80. The maximum absolute atomic E-state index is 10.4. The number of carboxylic acids is 4. The highest BCUT2D eigenvalue weighted by Crippen LogP contribution is 2.04. The topological polar surface area (TPSA) is 149 Å². The van der Waals surface area contributed by atoms with Crippen molar-refractivity contribution in [2.24, 2.45) is 0 Å². The van der Waals surface area contributed by atoms with Crippen LogP contribution in [0.2, 0.25) is 0 Å². The molecule has 0 amide bonds. The molecule has 0 atom stereocenters. The molecule has 0 saturated heterocycles. The summed E-state index contributed by atoms with van der Waals surface area (Å²) >= 11 is 0. The molecule has 1 rings (SSSR count). The molecule has 0 aromatic heterocycles. The van der Waals surface area contributed by atoms with Crippen molar-refractivity contribution in [1.29, 1.82) is 0 Å². The Labute approximate surface area is 99.7 Å². The van der Waals surface area contributed by atoms with Crippen LogP contribution in [-0.4, -0.2) is 44.3 Å². The van der Waals surface area contributed by atoms with E-state index in [2.05, 4.69) is 0 Å². The smallest absolute Gasteiger partial charge is 0.414 e. The molecule has 4 N–H and O–H groups in total. The maximum atomic E-state index is 10.4. The van der Waals surface area contributed by atoms with Gasteiger partial charge in [0.05, 0.1) is 11.1 Å². The minimum absolute atomic E-state index is 0.0186. The van der Waals surface area contributed by atoms with E-state index in [1.54, 1.807) is 0 Å². The molecule has 18 heavy (non-hydrogen) atoms. The molecule has 0 fully saturated rings. The van der Waals surface area contributed by atoms with E-state index >= 15 is 0 Å². The number of aromatic carboxylic acids is 2. The Kier molecular flexibility index (Phi) is 5.56. The summed E-state index contributed by atoms with van der Waals surface area (Å²) < 4.78 is 0. The van der Waals surface area contributed by atoms with E-state index in [9.17, 15) is 9.59 Å². The van der Waals surface area contributed by atoms with Crippen molar-refractivity contribution in [2.45, 2.75) is 0 Å². The fourth-order valence-corrected chi connectivity index (χ4v) is 0.785. The minimum atomic E-state index is -1.82. The summed E-state index contributed by atoms with van der Waals surface area (Å²) in [5.41, 5.74) is -0.0372. The largest absolute Gasteiger partial charge is 0.478 e. The molecule has 0 heterocycles. The Hall–Kier alpha value is -2.90. The Morgan fingerprint density at radius 2 is 1.06 bits per heavy atom. The number of rotatable bonds is 2. The maximum Gasteiger partial charge on any atom is 0.414 e. The first-order valence-corrected chi connectivity index (χ1v) is 4.28. The van der Waals surface area contributed by atoms with Gasteiger partial charge in [-0.15, -0.1) is 0 Å². The van der Waals surface area contributed by atoms with Gasteiger partial charge < -0.3 is 20.4 Å². The minimum Gasteiger partial charge on any atom is -0.478 e. The average molecular weight is 256 g/mol. The van der Waals surface area contributed by atoms with Crippen molar-refractivity contribution in [3.05, 3.63) is 35.4 Å². The number of carboxylic acid groups (broad SMARTS) is 4. The molecule has 0 aliphatic carbocycles. The fraction of sp³-hybridized carbons (Fsp3) is 0. The van der Waals surface area contributed by atoms with Crippen molar-refractivity contribution < 1.29 is 39.6 Å². The zero-order valence-electron chi connectivity index (χ0n) is 8.73. The third-order valence-electron chi connectivity index (χ3n) is 1.54. The van der Waals surface area contributed by atoms with Crippen molar-refractivity contribution in [3.8, 4) is 0 Å². The second kappa shape index (κ2) is 6.63. The lowest BCUT2D eigenvalue weighted by Gasteiger charge is -1.95. The van der Waals surface area contributed by atoms with Crippen LogP contribution in [0, 0.1) is 0 Å². The van der Waals surface area contributed by atoms with Gasteiger partial charge in [-0.1, -0.05) is 6.07 Å². The number of hydrogen-bond acceptors (Lipinski definition) is 4. The zero-order valence-corrected chi connectivity index (χ0v) is 8.73. The average Bonchev–Trinajstić information content (AvgIpc) is 2.29. The summed E-state index contributed by atoms with van der Waals surface area (Å²) in [5, 5.41) is 31.8. The Morgan fingerprint density at radius 3 is 1.28 bits per heavy atom. The summed E-state index contributed by atoms with van der Waals surface area (Å²) in [6, 6.07) is 5.20. The van der Waals surface area contributed by atoms with Crippen LogP contribution in [0.1, 0.15) is 20.7 Å². The van der Waals surface area contributed by atoms with Gasteiger partial charge in [0.25, 0.3) is 0 Å². The van der Waals surface area contributed by atoms with Crippen LogP contribution < -0.4 is 0 Å². The quantitative estimate of drug-likeness (QED) is 0.549. The van der Waals surface area contributed by atoms with Crippen LogP contribution in [0.5, 0.6) is 0 Å². The number of benzene rings is 1. The van der Waals surface area contributed by atoms with Gasteiger partial charge in [-0.25, -0.2) is 19.2 Å². The standard InChI is InChI=1S/C8H6O4.C2H2O4/c9-7(10)5-2-1-3-6(4-5)8(11)12;3-1(4)2(5)6/h1-4H,(H,9,10)(H,11,12);(H,3,4)(H,5,6). The Balaban J connectivity index is 0.000000411. The van der Waals surface area contributed by atoms with E-state index in [4.69, 9.17) is 30.0 Å². The lowest BCUT2D eigenvalue weighted by Crippen LogP contribution is -2.09. The molecular formula is C10H8O8. The summed E-state index contributed by atoms with van der Waals surface area (Å²) in [7, 11) is 0. The number of hydrogen-bond donors (Lipinski definition) is 4. The Bertz CT molecular complexity index is 449. The molecule has 8 nitrogen and oxygen atoms in total. The second-order valence-corrected chi connectivity index (χ2v) is 2.80. The summed E-state index contributed by atoms with van der Waals surface area (Å²) in [6.07, 6.45) is 0. The molecule has 0 radical (unpaired) electrons. The molecule has 8 heteroatoms. The van der Waals surface area contributed by atoms with E-state index in [1.165, 1.54) is 18.2 Å². The van der Waals surface area contributed by atoms with E-state index in [0.717, 1.165) is 6.07 Å².